The summed E-state index contributed by atoms with van der Waals surface area (Å²) in [4.78, 5) is 4.16. The van der Waals surface area contributed by atoms with E-state index in [0.29, 0.717) is 15.7 Å². The molecular formula is C10H8Cl3N3. The number of rotatable bonds is 2. The van der Waals surface area contributed by atoms with Crippen LogP contribution in [0.3, 0.4) is 0 Å². The summed E-state index contributed by atoms with van der Waals surface area (Å²) < 4.78 is 1.79. The molecule has 0 aliphatic carbocycles. The Bertz CT molecular complexity index is 522. The summed E-state index contributed by atoms with van der Waals surface area (Å²) in [7, 11) is 0. The number of hydrogen-bond donors (Lipinski definition) is 0. The molecule has 16 heavy (non-hydrogen) atoms. The lowest BCUT2D eigenvalue weighted by Gasteiger charge is -2.07. The van der Waals surface area contributed by atoms with Gasteiger partial charge in [-0.05, 0) is 19.1 Å². The first-order valence-electron chi connectivity index (χ1n) is 4.67. The van der Waals surface area contributed by atoms with Crippen LogP contribution >= 0.6 is 34.8 Å². The van der Waals surface area contributed by atoms with Crippen molar-refractivity contribution in [3.05, 3.63) is 33.5 Å². The molecule has 2 aromatic rings. The molecule has 0 spiro atoms. The predicted molar refractivity (Wildman–Crippen MR) is 66.2 cm³/mol. The zero-order valence-corrected chi connectivity index (χ0v) is 10.7. The van der Waals surface area contributed by atoms with Crippen molar-refractivity contribution in [3.8, 4) is 11.4 Å². The average molecular weight is 277 g/mol. The van der Waals surface area contributed by atoms with Crippen molar-refractivity contribution in [3.63, 3.8) is 0 Å². The Morgan fingerprint density at radius 2 is 2.00 bits per heavy atom. The van der Waals surface area contributed by atoms with Crippen LogP contribution in [-0.4, -0.2) is 14.8 Å². The maximum Gasteiger partial charge on any atom is 0.148 e. The molecule has 0 unspecified atom stereocenters. The van der Waals surface area contributed by atoms with Crippen LogP contribution in [0, 0.1) is 0 Å². The van der Waals surface area contributed by atoms with E-state index in [1.54, 1.807) is 16.9 Å². The number of nitrogens with zero attached hydrogens (tertiary/aromatic N) is 3. The summed E-state index contributed by atoms with van der Waals surface area (Å²) in [6, 6.07) is 3.42. The van der Waals surface area contributed by atoms with Crippen LogP contribution in [0.5, 0.6) is 0 Å². The van der Waals surface area contributed by atoms with Gasteiger partial charge < -0.3 is 0 Å². The largest absolute Gasteiger partial charge is 0.264 e. The van der Waals surface area contributed by atoms with Crippen molar-refractivity contribution < 1.29 is 0 Å². The van der Waals surface area contributed by atoms with Gasteiger partial charge in [-0.25, -0.2) is 4.98 Å². The molecule has 0 amide bonds. The summed E-state index contributed by atoms with van der Waals surface area (Å²) in [6.45, 7) is 2.72. The van der Waals surface area contributed by atoms with E-state index in [-0.39, 0.29) is 5.15 Å². The standard InChI is InChI=1S/C10H8Cl3N3/c1-2-16-8(3-4-14-16)9-6(11)5-7(12)10(13)15-9/h3-5H,2H2,1H3. The SMILES string of the molecule is CCn1nccc1-c1nc(Cl)c(Cl)cc1Cl. The Morgan fingerprint density at radius 3 is 2.69 bits per heavy atom. The van der Waals surface area contributed by atoms with Crippen LogP contribution < -0.4 is 0 Å². The molecule has 0 aliphatic heterocycles. The van der Waals surface area contributed by atoms with Gasteiger partial charge in [-0.1, -0.05) is 34.8 Å². The first kappa shape index (κ1) is 11.7. The topological polar surface area (TPSA) is 30.7 Å². The highest BCUT2D eigenvalue weighted by Gasteiger charge is 2.13. The molecule has 6 heteroatoms. The Hall–Kier alpha value is -0.770. The smallest absolute Gasteiger partial charge is 0.148 e. The van der Waals surface area contributed by atoms with Gasteiger partial charge >= 0.3 is 0 Å². The fourth-order valence-corrected chi connectivity index (χ4v) is 2.00. The third kappa shape index (κ3) is 2.03. The Kier molecular flexibility index (Phi) is 3.38. The average Bonchev–Trinajstić information content (AvgIpc) is 2.71. The van der Waals surface area contributed by atoms with Crippen LogP contribution in [0.4, 0.5) is 0 Å². The summed E-state index contributed by atoms with van der Waals surface area (Å²) in [5.74, 6) is 0. The van der Waals surface area contributed by atoms with Gasteiger partial charge in [0.05, 0.1) is 15.7 Å². The highest BCUT2D eigenvalue weighted by atomic mass is 35.5. The first-order chi connectivity index (χ1) is 7.63. The molecule has 84 valence electrons. The van der Waals surface area contributed by atoms with Gasteiger partial charge in [-0.2, -0.15) is 5.10 Å². The van der Waals surface area contributed by atoms with Crippen LogP contribution in [0.2, 0.25) is 15.2 Å². The summed E-state index contributed by atoms with van der Waals surface area (Å²) in [6.07, 6.45) is 1.69. The molecule has 0 aliphatic rings. The second kappa shape index (κ2) is 4.62. The van der Waals surface area contributed by atoms with Gasteiger partial charge in [-0.3, -0.25) is 4.68 Å². The second-order valence-electron chi connectivity index (χ2n) is 3.12. The summed E-state index contributed by atoms with van der Waals surface area (Å²) in [5.41, 5.74) is 1.42. The number of aryl methyl sites for hydroxylation is 1. The molecule has 0 bridgehead atoms. The lowest BCUT2D eigenvalue weighted by molar-refractivity contribution is 0.665. The Morgan fingerprint density at radius 1 is 1.25 bits per heavy atom. The molecule has 0 saturated heterocycles. The van der Waals surface area contributed by atoms with E-state index in [1.807, 2.05) is 13.0 Å². The lowest BCUT2D eigenvalue weighted by atomic mass is 10.2. The van der Waals surface area contributed by atoms with Crippen LogP contribution in [0.15, 0.2) is 18.3 Å². The van der Waals surface area contributed by atoms with Crippen molar-refractivity contribution in [2.75, 3.05) is 0 Å². The van der Waals surface area contributed by atoms with Gasteiger partial charge in [-0.15, -0.1) is 0 Å². The van der Waals surface area contributed by atoms with Crippen molar-refractivity contribution in [2.45, 2.75) is 13.5 Å². The minimum atomic E-state index is 0.241. The van der Waals surface area contributed by atoms with E-state index in [1.165, 1.54) is 0 Å². The molecular weight excluding hydrogens is 268 g/mol. The van der Waals surface area contributed by atoms with Gasteiger partial charge in [0.15, 0.2) is 0 Å². The minimum Gasteiger partial charge on any atom is -0.264 e. The summed E-state index contributed by atoms with van der Waals surface area (Å²) >= 11 is 17.8. The normalized spacial score (nSPS) is 10.8. The van der Waals surface area contributed by atoms with E-state index >= 15 is 0 Å². The van der Waals surface area contributed by atoms with E-state index in [0.717, 1.165) is 12.2 Å². The number of halogens is 3. The van der Waals surface area contributed by atoms with Crippen molar-refractivity contribution in [1.29, 1.82) is 0 Å². The molecule has 2 heterocycles. The van der Waals surface area contributed by atoms with E-state index in [4.69, 9.17) is 34.8 Å². The molecule has 2 aromatic heterocycles. The van der Waals surface area contributed by atoms with Gasteiger partial charge in [0.1, 0.15) is 10.8 Å². The quantitative estimate of drug-likeness (QED) is 0.778. The number of pyridine rings is 1. The first-order valence-corrected chi connectivity index (χ1v) is 5.80. The molecule has 0 radical (unpaired) electrons. The number of hydrogen-bond acceptors (Lipinski definition) is 2. The van der Waals surface area contributed by atoms with Crippen molar-refractivity contribution in [2.24, 2.45) is 0 Å². The molecule has 3 nitrogen and oxygen atoms in total. The highest BCUT2D eigenvalue weighted by Crippen LogP contribution is 2.31. The minimum absolute atomic E-state index is 0.241. The highest BCUT2D eigenvalue weighted by molar-refractivity contribution is 6.42. The molecule has 2 rings (SSSR count). The van der Waals surface area contributed by atoms with Crippen LogP contribution in [0.1, 0.15) is 6.92 Å². The van der Waals surface area contributed by atoms with Gasteiger partial charge in [0.25, 0.3) is 0 Å². The zero-order valence-electron chi connectivity index (χ0n) is 8.41. The lowest BCUT2D eigenvalue weighted by Crippen LogP contribution is -2.00. The van der Waals surface area contributed by atoms with Crippen LogP contribution in [-0.2, 0) is 6.54 Å². The fraction of sp³-hybridized carbons (Fsp3) is 0.200. The molecule has 0 atom stereocenters. The maximum absolute atomic E-state index is 6.08. The van der Waals surface area contributed by atoms with Gasteiger partial charge in [0.2, 0.25) is 0 Å². The maximum atomic E-state index is 6.08. The molecule has 0 N–H and O–H groups in total. The van der Waals surface area contributed by atoms with E-state index in [2.05, 4.69) is 10.1 Å². The molecule has 0 saturated carbocycles. The molecule has 0 aromatic carbocycles. The van der Waals surface area contributed by atoms with Crippen molar-refractivity contribution >= 4 is 34.8 Å². The second-order valence-corrected chi connectivity index (χ2v) is 4.30. The Balaban J connectivity index is 2.60. The third-order valence-electron chi connectivity index (χ3n) is 2.15. The van der Waals surface area contributed by atoms with Crippen LogP contribution in [0.25, 0.3) is 11.4 Å². The summed E-state index contributed by atoms with van der Waals surface area (Å²) in [5, 5.41) is 5.19. The monoisotopic (exact) mass is 275 g/mol. The third-order valence-corrected chi connectivity index (χ3v) is 3.11. The Labute approximate surface area is 108 Å². The predicted octanol–water partition coefficient (Wildman–Crippen LogP) is 3.93. The van der Waals surface area contributed by atoms with Crippen molar-refractivity contribution in [1.82, 2.24) is 14.8 Å². The molecule has 0 fully saturated rings. The fourth-order valence-electron chi connectivity index (χ4n) is 1.41. The van der Waals surface area contributed by atoms with Gasteiger partial charge in [0, 0.05) is 12.7 Å². The van der Waals surface area contributed by atoms with E-state index in [9.17, 15) is 0 Å². The number of aromatic nitrogens is 3. The van der Waals surface area contributed by atoms with E-state index < -0.39 is 0 Å². The zero-order chi connectivity index (χ0) is 11.7.